The number of ether oxygens (including phenoxy) is 4. The van der Waals surface area contributed by atoms with Gasteiger partial charge < -0.3 is 60.6 Å². The van der Waals surface area contributed by atoms with Crippen molar-refractivity contribution in [3.05, 3.63) is 212 Å². The molecule has 12 atom stereocenters. The zero-order valence-corrected chi connectivity index (χ0v) is 67.2. The first-order chi connectivity index (χ1) is 52.7. The van der Waals surface area contributed by atoms with Gasteiger partial charge in [0.1, 0.15) is 48.6 Å². The molecule has 10 rings (SSSR count). The number of carbonyl (C=O) groups is 6. The minimum absolute atomic E-state index is 0.0299. The summed E-state index contributed by atoms with van der Waals surface area (Å²) >= 11 is 9.52. The number of aliphatic hydroxyl groups is 4. The van der Waals surface area contributed by atoms with E-state index in [-0.39, 0.29) is 75.7 Å². The molecule has 20 nitrogen and oxygen atoms in total. The van der Waals surface area contributed by atoms with Crippen molar-refractivity contribution >= 4 is 69.8 Å². The van der Waals surface area contributed by atoms with Crippen molar-refractivity contribution in [2.45, 2.75) is 181 Å². The third kappa shape index (κ3) is 23.6. The fraction of sp³-hybridized carbons (Fsp3) is 0.442. The number of thiazole rings is 2. The van der Waals surface area contributed by atoms with Crippen LogP contribution in [-0.4, -0.2) is 130 Å². The minimum atomic E-state index is -1.31. The van der Waals surface area contributed by atoms with E-state index < -0.39 is 130 Å². The zero-order chi connectivity index (χ0) is 80.6. The van der Waals surface area contributed by atoms with Gasteiger partial charge in [0, 0.05) is 52.2 Å². The Hall–Kier alpha value is -9.01. The standard InChI is InChI=1S/C43H51ClFN3O7S.C43H52FN3O7S/c1-24(2)42-46-22-37(56-42)26-13-11-25(12-14-26)17-33(47-41(53)31(43(3,4)5)21-38(51)54-6)34(49)19-28(18-27-9-7-8-10-32(27)45)40(52)48-39-30-20-29(44)15-16-36(30)55-23-35(39)50;1-25(2)42-45-23-37(55-42)27-17-15-26(16-18-27)19-33(46-41(52)31(43(3,4)5)22-38(50)53-6)34(48)21-29(20-28-11-7-9-13-32(28)44)40(51)47-39-30-12-8-10-14-36(30)54-24-35(39)49/h7-16,20,22,24,28,31,33-35,39,49-50H,17-19,21,23H2,1-6H3,(H,47,53)(H,48,52);7-18,23,25,29,31,33-35,39,48-49H,19-22,24H2,1-6H3,(H,46,52)(H,47,51)/t28-,31-,33+,34+,35-,39+;29-,31-,33+,34+,35-,39+/m11/s1. The van der Waals surface area contributed by atoms with Crippen LogP contribution in [0, 0.1) is 46.1 Å². The summed E-state index contributed by atoms with van der Waals surface area (Å²) in [5.74, 6) is -5.97. The number of nitrogens with zero attached hydrogens (tertiary/aromatic N) is 2. The fourth-order valence-corrected chi connectivity index (χ4v) is 15.7. The van der Waals surface area contributed by atoms with Crippen LogP contribution in [0.4, 0.5) is 8.78 Å². The Balaban J connectivity index is 0.000000255. The van der Waals surface area contributed by atoms with Crippen LogP contribution >= 0.6 is 34.3 Å². The van der Waals surface area contributed by atoms with E-state index in [0.29, 0.717) is 39.5 Å². The number of benzene rings is 6. The number of hydrogen-bond donors (Lipinski definition) is 8. The van der Waals surface area contributed by atoms with Crippen LogP contribution in [0.2, 0.25) is 5.02 Å². The molecule has 594 valence electrons. The summed E-state index contributed by atoms with van der Waals surface area (Å²) < 4.78 is 51.3. The van der Waals surface area contributed by atoms with Crippen LogP contribution in [0.3, 0.4) is 0 Å². The summed E-state index contributed by atoms with van der Waals surface area (Å²) in [7, 11) is 2.53. The van der Waals surface area contributed by atoms with E-state index in [1.54, 1.807) is 102 Å². The molecule has 0 unspecified atom stereocenters. The van der Waals surface area contributed by atoms with Crippen molar-refractivity contribution < 1.29 is 76.9 Å². The Morgan fingerprint density at radius 3 is 1.31 bits per heavy atom. The van der Waals surface area contributed by atoms with Gasteiger partial charge in [-0.2, -0.15) is 0 Å². The lowest BCUT2D eigenvalue weighted by molar-refractivity contribution is -0.146. The average Bonchev–Trinajstić information content (AvgIpc) is 1.74. The lowest BCUT2D eigenvalue weighted by Crippen LogP contribution is -2.51. The molecule has 0 aliphatic carbocycles. The van der Waals surface area contributed by atoms with Gasteiger partial charge >= 0.3 is 11.9 Å². The molecule has 0 saturated carbocycles. The Bertz CT molecular complexity index is 4470. The highest BCUT2D eigenvalue weighted by Gasteiger charge is 2.41. The highest BCUT2D eigenvalue weighted by Crippen LogP contribution is 2.39. The van der Waals surface area contributed by atoms with Crippen LogP contribution in [-0.2, 0) is 63.9 Å². The number of para-hydroxylation sites is 1. The second-order valence-corrected chi connectivity index (χ2v) is 34.0. The smallest absolute Gasteiger partial charge is 0.306 e. The van der Waals surface area contributed by atoms with Crippen molar-refractivity contribution in [1.82, 2.24) is 31.2 Å². The summed E-state index contributed by atoms with van der Waals surface area (Å²) in [5, 5.41) is 60.3. The topological polar surface area (TPSA) is 294 Å². The van der Waals surface area contributed by atoms with Crippen molar-refractivity contribution in [1.29, 1.82) is 0 Å². The lowest BCUT2D eigenvalue weighted by Gasteiger charge is -2.34. The van der Waals surface area contributed by atoms with Gasteiger partial charge in [-0.3, -0.25) is 28.8 Å². The maximum atomic E-state index is 15.1. The summed E-state index contributed by atoms with van der Waals surface area (Å²) in [4.78, 5) is 92.4. The fourth-order valence-electron chi connectivity index (χ4n) is 13.7. The van der Waals surface area contributed by atoms with E-state index in [0.717, 1.165) is 42.0 Å². The Morgan fingerprint density at radius 1 is 0.532 bits per heavy atom. The third-order valence-electron chi connectivity index (χ3n) is 20.3. The van der Waals surface area contributed by atoms with E-state index in [9.17, 15) is 49.2 Å². The monoisotopic (exact) mass is 1580 g/mol. The molecule has 0 radical (unpaired) electrons. The largest absolute Gasteiger partial charge is 0.490 e. The molecule has 2 aromatic heterocycles. The first kappa shape index (κ1) is 86.0. The number of halogens is 3. The number of amides is 4. The summed E-state index contributed by atoms with van der Waals surface area (Å²) in [6, 6.07) is 36.3. The number of methoxy groups -OCH3 is 2. The van der Waals surface area contributed by atoms with Gasteiger partial charge in [0.05, 0.1) is 95.0 Å². The number of esters is 2. The van der Waals surface area contributed by atoms with Crippen molar-refractivity contribution in [2.75, 3.05) is 27.4 Å². The molecule has 8 N–H and O–H groups in total. The second kappa shape index (κ2) is 39.0. The second-order valence-electron chi connectivity index (χ2n) is 31.4. The van der Waals surface area contributed by atoms with Gasteiger partial charge in [0.15, 0.2) is 0 Å². The Kier molecular flexibility index (Phi) is 30.2. The number of fused-ring (bicyclic) bond motifs is 2. The summed E-state index contributed by atoms with van der Waals surface area (Å²) in [5.41, 5.74) is 3.95. The van der Waals surface area contributed by atoms with Crippen LogP contribution in [0.25, 0.3) is 20.9 Å². The van der Waals surface area contributed by atoms with Crippen LogP contribution in [0.15, 0.2) is 152 Å². The number of carbonyl (C=O) groups excluding carboxylic acids is 6. The molecular formula is C86H103ClF2N6O14S2. The number of nitrogens with one attached hydrogen (secondary N) is 4. The van der Waals surface area contributed by atoms with Gasteiger partial charge in [-0.25, -0.2) is 18.7 Å². The van der Waals surface area contributed by atoms with E-state index in [2.05, 4.69) is 58.9 Å². The average molecular weight is 1580 g/mol. The Labute approximate surface area is 661 Å². The molecule has 111 heavy (non-hydrogen) atoms. The maximum absolute atomic E-state index is 15.1. The molecule has 2 aliphatic rings. The number of aliphatic hydroxyl groups excluding tert-OH is 4. The highest BCUT2D eigenvalue weighted by atomic mass is 35.5. The molecule has 2 aliphatic heterocycles. The van der Waals surface area contributed by atoms with E-state index in [1.807, 2.05) is 102 Å². The van der Waals surface area contributed by atoms with Crippen molar-refractivity contribution in [3.63, 3.8) is 0 Å². The summed E-state index contributed by atoms with van der Waals surface area (Å²) in [6.07, 6.45) is -1.45. The highest BCUT2D eigenvalue weighted by molar-refractivity contribution is 7.15. The third-order valence-corrected chi connectivity index (χ3v) is 23.2. The molecule has 0 bridgehead atoms. The van der Waals surface area contributed by atoms with Gasteiger partial charge in [-0.05, 0) is 119 Å². The van der Waals surface area contributed by atoms with Crippen molar-refractivity contribution in [2.24, 2.45) is 34.5 Å². The van der Waals surface area contributed by atoms with E-state index in [1.165, 1.54) is 26.4 Å². The summed E-state index contributed by atoms with van der Waals surface area (Å²) in [6.45, 7) is 19.4. The first-order valence-electron chi connectivity index (χ1n) is 37.5. The molecule has 0 saturated heterocycles. The molecular weight excluding hydrogens is 1480 g/mol. The molecule has 25 heteroatoms. The lowest BCUT2D eigenvalue weighted by atomic mass is 9.77. The van der Waals surface area contributed by atoms with Gasteiger partial charge in [-0.1, -0.05) is 184 Å². The van der Waals surface area contributed by atoms with Gasteiger partial charge in [0.2, 0.25) is 23.6 Å². The normalized spacial score (nSPS) is 17.6. The molecule has 0 spiro atoms. The number of aromatic nitrogens is 2. The maximum Gasteiger partial charge on any atom is 0.306 e. The molecule has 0 fully saturated rings. The predicted octanol–water partition coefficient (Wildman–Crippen LogP) is 13.7. The minimum Gasteiger partial charge on any atom is -0.490 e. The zero-order valence-electron chi connectivity index (χ0n) is 64.8. The van der Waals surface area contributed by atoms with Crippen LogP contribution in [0.1, 0.15) is 162 Å². The molecule has 8 aromatic rings. The van der Waals surface area contributed by atoms with Gasteiger partial charge in [-0.15, -0.1) is 22.7 Å². The predicted molar refractivity (Wildman–Crippen MR) is 425 cm³/mol. The number of rotatable bonds is 30. The van der Waals surface area contributed by atoms with Crippen molar-refractivity contribution in [3.8, 4) is 32.4 Å². The molecule has 4 heterocycles. The first-order valence-corrected chi connectivity index (χ1v) is 39.5. The molecule has 4 amide bonds. The molecule has 6 aromatic carbocycles. The SMILES string of the molecule is COC(=O)C[C@H](C(=O)N[C@@H](Cc1ccc(-c2cnc(C(C)C)s2)cc1)[C@@H](O)C[C@@H](Cc1ccccc1F)C(=O)N[C@H]1c2cc(Cl)ccc2OC[C@H]1O)C(C)(C)C.COC(=O)C[C@H](C(=O)N[C@@H](Cc1ccc(-c2cnc(C(C)C)s2)cc1)[C@@H](O)C[C@@H](Cc1ccccc1F)C(=O)N[C@H]1c2ccccc2OC[C@H]1O)C(C)(C)C. The Morgan fingerprint density at radius 2 is 0.919 bits per heavy atom. The van der Waals surface area contributed by atoms with Crippen LogP contribution in [0.5, 0.6) is 11.5 Å². The quantitative estimate of drug-likeness (QED) is 0.0194. The van der Waals surface area contributed by atoms with E-state index in [4.69, 9.17) is 30.5 Å². The van der Waals surface area contributed by atoms with Gasteiger partial charge in [0.25, 0.3) is 0 Å². The van der Waals surface area contributed by atoms with E-state index >= 15 is 8.78 Å². The van der Waals surface area contributed by atoms with Crippen LogP contribution < -0.4 is 30.7 Å². The number of hydrogen-bond acceptors (Lipinski definition) is 18.